The van der Waals surface area contributed by atoms with E-state index in [-0.39, 0.29) is 30.1 Å². The lowest BCUT2D eigenvalue weighted by Crippen LogP contribution is -2.43. The average molecular weight is 462 g/mol. The fourth-order valence-corrected chi connectivity index (χ4v) is 3.53. The second-order valence-electron chi connectivity index (χ2n) is 7.99. The Bertz CT molecular complexity index is 1420. The number of hydrogen-bond acceptors (Lipinski definition) is 5. The number of benzene rings is 2. The summed E-state index contributed by atoms with van der Waals surface area (Å²) < 4.78 is 20.8. The number of aryl methyl sites for hydroxylation is 1. The Morgan fingerprint density at radius 2 is 1.71 bits per heavy atom. The van der Waals surface area contributed by atoms with Crippen molar-refractivity contribution in [3.05, 3.63) is 88.3 Å². The van der Waals surface area contributed by atoms with Crippen molar-refractivity contribution in [1.82, 2.24) is 20.6 Å². The Balaban J connectivity index is 1.40. The van der Waals surface area contributed by atoms with Crippen LogP contribution in [0.5, 0.6) is 0 Å². The SMILES string of the molecule is CC(C)n1nc(C(=O)NNC(=O)CCc2ccc(-c3ccccc3F)o2)c2ccccc2c1=O. The molecule has 2 aromatic carbocycles. The van der Waals surface area contributed by atoms with Gasteiger partial charge in [-0.15, -0.1) is 0 Å². The van der Waals surface area contributed by atoms with Crippen LogP contribution in [0.1, 0.15) is 42.6 Å². The van der Waals surface area contributed by atoms with Crippen molar-refractivity contribution in [2.75, 3.05) is 0 Å². The van der Waals surface area contributed by atoms with Crippen molar-refractivity contribution in [3.8, 4) is 11.3 Å². The summed E-state index contributed by atoms with van der Waals surface area (Å²) in [6.07, 6.45) is 0.291. The van der Waals surface area contributed by atoms with E-state index in [0.717, 1.165) is 0 Å². The van der Waals surface area contributed by atoms with Gasteiger partial charge in [-0.3, -0.25) is 25.2 Å². The highest BCUT2D eigenvalue weighted by Gasteiger charge is 2.18. The number of halogens is 1. The van der Waals surface area contributed by atoms with Gasteiger partial charge in [0, 0.05) is 18.2 Å². The Hall–Kier alpha value is -4.27. The number of fused-ring (bicyclic) bond motifs is 1. The van der Waals surface area contributed by atoms with Crippen molar-refractivity contribution < 1.29 is 18.4 Å². The van der Waals surface area contributed by atoms with Crippen LogP contribution in [0.3, 0.4) is 0 Å². The van der Waals surface area contributed by atoms with Crippen LogP contribution in [0.2, 0.25) is 0 Å². The first-order valence-corrected chi connectivity index (χ1v) is 10.8. The largest absolute Gasteiger partial charge is 0.461 e. The molecule has 0 unspecified atom stereocenters. The maximum Gasteiger partial charge on any atom is 0.290 e. The number of rotatable bonds is 6. The molecule has 4 aromatic rings. The normalized spacial score (nSPS) is 11.1. The third kappa shape index (κ3) is 4.73. The second kappa shape index (κ2) is 9.70. The molecule has 2 heterocycles. The maximum atomic E-state index is 13.9. The van der Waals surface area contributed by atoms with E-state index in [1.807, 2.05) is 0 Å². The minimum atomic E-state index is -0.640. The van der Waals surface area contributed by atoms with Gasteiger partial charge in [0.2, 0.25) is 5.91 Å². The summed E-state index contributed by atoms with van der Waals surface area (Å²) >= 11 is 0. The van der Waals surface area contributed by atoms with Gasteiger partial charge in [0.05, 0.1) is 17.0 Å². The molecule has 34 heavy (non-hydrogen) atoms. The standard InChI is InChI=1S/C25H23FN4O4/c1-15(2)30-25(33)18-8-4-3-7-17(18)23(29-30)24(32)28-27-22(31)14-12-16-11-13-21(34-16)19-9-5-6-10-20(19)26/h3-11,13,15H,12,14H2,1-2H3,(H,27,31)(H,28,32). The van der Waals surface area contributed by atoms with Gasteiger partial charge in [-0.25, -0.2) is 9.07 Å². The molecule has 0 radical (unpaired) electrons. The first-order valence-electron chi connectivity index (χ1n) is 10.8. The lowest BCUT2D eigenvalue weighted by molar-refractivity contribution is -0.121. The molecule has 0 saturated carbocycles. The maximum absolute atomic E-state index is 13.9. The molecular weight excluding hydrogens is 439 g/mol. The van der Waals surface area contributed by atoms with Crippen LogP contribution in [0, 0.1) is 5.82 Å². The Morgan fingerprint density at radius 3 is 2.44 bits per heavy atom. The van der Waals surface area contributed by atoms with E-state index in [4.69, 9.17) is 4.42 Å². The molecule has 0 saturated heterocycles. The topological polar surface area (TPSA) is 106 Å². The number of carbonyl (C=O) groups excluding carboxylic acids is 2. The molecule has 0 bridgehead atoms. The van der Waals surface area contributed by atoms with E-state index >= 15 is 0 Å². The fraction of sp³-hybridized carbons (Fsp3) is 0.200. The molecule has 0 aliphatic rings. The Labute approximate surface area is 194 Å². The van der Waals surface area contributed by atoms with E-state index in [1.54, 1.807) is 68.4 Å². The van der Waals surface area contributed by atoms with Crippen molar-refractivity contribution in [2.24, 2.45) is 0 Å². The molecule has 0 spiro atoms. The zero-order valence-corrected chi connectivity index (χ0v) is 18.7. The van der Waals surface area contributed by atoms with Gasteiger partial charge in [0.1, 0.15) is 17.3 Å². The van der Waals surface area contributed by atoms with Gasteiger partial charge in [0.15, 0.2) is 5.69 Å². The molecule has 0 aliphatic carbocycles. The summed E-state index contributed by atoms with van der Waals surface area (Å²) in [4.78, 5) is 37.6. The van der Waals surface area contributed by atoms with Gasteiger partial charge < -0.3 is 4.42 Å². The highest BCUT2D eigenvalue weighted by atomic mass is 19.1. The number of nitrogens with one attached hydrogen (secondary N) is 2. The summed E-state index contributed by atoms with van der Waals surface area (Å²) in [5.41, 5.74) is 4.79. The zero-order chi connectivity index (χ0) is 24.2. The third-order valence-corrected chi connectivity index (χ3v) is 5.25. The predicted octanol–water partition coefficient (Wildman–Crippen LogP) is 3.77. The number of furan rings is 1. The van der Waals surface area contributed by atoms with Crippen molar-refractivity contribution in [2.45, 2.75) is 32.7 Å². The minimum Gasteiger partial charge on any atom is -0.461 e. The molecule has 2 N–H and O–H groups in total. The highest BCUT2D eigenvalue weighted by molar-refractivity contribution is 6.05. The number of hydrogen-bond donors (Lipinski definition) is 2. The van der Waals surface area contributed by atoms with Gasteiger partial charge in [0.25, 0.3) is 11.5 Å². The quantitative estimate of drug-likeness (QED) is 0.424. The smallest absolute Gasteiger partial charge is 0.290 e. The van der Waals surface area contributed by atoms with Crippen LogP contribution in [0.15, 0.2) is 69.9 Å². The molecular formula is C25H23FN4O4. The molecule has 0 fully saturated rings. The third-order valence-electron chi connectivity index (χ3n) is 5.25. The lowest BCUT2D eigenvalue weighted by atomic mass is 10.1. The van der Waals surface area contributed by atoms with E-state index in [2.05, 4.69) is 16.0 Å². The van der Waals surface area contributed by atoms with Crippen molar-refractivity contribution in [3.63, 3.8) is 0 Å². The zero-order valence-electron chi connectivity index (χ0n) is 18.7. The number of aromatic nitrogens is 2. The molecule has 4 rings (SSSR count). The van der Waals surface area contributed by atoms with Crippen molar-refractivity contribution >= 4 is 22.6 Å². The fourth-order valence-electron chi connectivity index (χ4n) is 3.53. The van der Waals surface area contributed by atoms with Crippen LogP contribution in [0.25, 0.3) is 22.1 Å². The summed E-state index contributed by atoms with van der Waals surface area (Å²) in [6, 6.07) is 16.0. The Morgan fingerprint density at radius 1 is 1.00 bits per heavy atom. The number of amides is 2. The summed E-state index contributed by atoms with van der Waals surface area (Å²) in [7, 11) is 0. The first kappa shape index (κ1) is 22.9. The molecule has 0 atom stereocenters. The van der Waals surface area contributed by atoms with Gasteiger partial charge in [-0.2, -0.15) is 5.10 Å². The molecule has 2 aromatic heterocycles. The van der Waals surface area contributed by atoms with Crippen LogP contribution in [-0.4, -0.2) is 21.6 Å². The Kier molecular flexibility index (Phi) is 6.53. The van der Waals surface area contributed by atoms with Crippen LogP contribution < -0.4 is 16.4 Å². The molecule has 8 nitrogen and oxygen atoms in total. The van der Waals surface area contributed by atoms with E-state index in [9.17, 15) is 18.8 Å². The predicted molar refractivity (Wildman–Crippen MR) is 124 cm³/mol. The lowest BCUT2D eigenvalue weighted by Gasteiger charge is -2.13. The number of carbonyl (C=O) groups is 2. The second-order valence-corrected chi connectivity index (χ2v) is 7.99. The van der Waals surface area contributed by atoms with E-state index < -0.39 is 17.6 Å². The van der Waals surface area contributed by atoms with Gasteiger partial charge >= 0.3 is 0 Å². The van der Waals surface area contributed by atoms with Crippen LogP contribution in [0.4, 0.5) is 4.39 Å². The van der Waals surface area contributed by atoms with Crippen LogP contribution in [-0.2, 0) is 11.2 Å². The van der Waals surface area contributed by atoms with E-state index in [0.29, 0.717) is 27.9 Å². The molecule has 9 heteroatoms. The molecule has 174 valence electrons. The molecule has 2 amide bonds. The first-order chi connectivity index (χ1) is 16.3. The van der Waals surface area contributed by atoms with Gasteiger partial charge in [-0.05, 0) is 44.2 Å². The summed E-state index contributed by atoms with van der Waals surface area (Å²) in [6.45, 7) is 3.58. The summed E-state index contributed by atoms with van der Waals surface area (Å²) in [5, 5.41) is 4.97. The van der Waals surface area contributed by atoms with Crippen LogP contribution >= 0.6 is 0 Å². The monoisotopic (exact) mass is 462 g/mol. The average Bonchev–Trinajstić information content (AvgIpc) is 3.30. The van der Waals surface area contributed by atoms with E-state index in [1.165, 1.54) is 10.7 Å². The summed E-state index contributed by atoms with van der Waals surface area (Å²) in [5.74, 6) is -0.595. The number of hydrazine groups is 1. The van der Waals surface area contributed by atoms with Gasteiger partial charge in [-0.1, -0.05) is 30.3 Å². The van der Waals surface area contributed by atoms with Crippen molar-refractivity contribution in [1.29, 1.82) is 0 Å². The minimum absolute atomic E-state index is 0.0319. The molecule has 0 aliphatic heterocycles. The highest BCUT2D eigenvalue weighted by Crippen LogP contribution is 2.25. The number of nitrogens with zero attached hydrogens (tertiary/aromatic N) is 2.